The average Bonchev–Trinajstić information content (AvgIpc) is 2.49. The molecule has 1 N–H and O–H groups in total. The van der Waals surface area contributed by atoms with Gasteiger partial charge in [0.15, 0.2) is 0 Å². The molecule has 0 spiro atoms. The summed E-state index contributed by atoms with van der Waals surface area (Å²) in [4.78, 5) is 0. The third-order valence-corrected chi connectivity index (χ3v) is 1.88. The van der Waals surface area contributed by atoms with Gasteiger partial charge in [0.05, 0.1) is 0 Å². The Balaban J connectivity index is 2.49. The highest BCUT2D eigenvalue weighted by Crippen LogP contribution is 2.02. The molecule has 3 heteroatoms. The van der Waals surface area contributed by atoms with Crippen LogP contribution in [0, 0.1) is 0 Å². The highest BCUT2D eigenvalue weighted by atomic mass is 16.5. The quantitative estimate of drug-likeness (QED) is 0.748. The molecule has 1 heterocycles. The molecule has 0 saturated carbocycles. The number of ether oxygens (including phenoxy) is 1. The fourth-order valence-electron chi connectivity index (χ4n) is 1.18. The van der Waals surface area contributed by atoms with Gasteiger partial charge in [0.2, 0.25) is 0 Å². The van der Waals surface area contributed by atoms with E-state index in [1.165, 1.54) is 5.69 Å². The van der Waals surface area contributed by atoms with E-state index in [0.29, 0.717) is 12.8 Å². The van der Waals surface area contributed by atoms with Crippen LogP contribution in [0.1, 0.15) is 19.5 Å². The molecule has 0 amide bonds. The van der Waals surface area contributed by atoms with Crippen LogP contribution in [0.3, 0.4) is 0 Å². The lowest BCUT2D eigenvalue weighted by Crippen LogP contribution is -2.23. The van der Waals surface area contributed by atoms with Crippen LogP contribution in [0.4, 0.5) is 0 Å². The molecule has 0 saturated heterocycles. The molecule has 0 radical (unpaired) electrons. The minimum Gasteiger partial charge on any atom is -0.364 e. The predicted octanol–water partition coefficient (Wildman–Crippen LogP) is 1.59. The van der Waals surface area contributed by atoms with Gasteiger partial charge >= 0.3 is 0 Å². The van der Waals surface area contributed by atoms with Crippen molar-refractivity contribution in [2.45, 2.75) is 33.2 Å². The molecule has 0 aliphatic carbocycles. The Kier molecular flexibility index (Phi) is 3.99. The largest absolute Gasteiger partial charge is 0.364 e. The highest BCUT2D eigenvalue weighted by Gasteiger charge is 2.00. The summed E-state index contributed by atoms with van der Waals surface area (Å²) in [6.45, 7) is 5.81. The van der Waals surface area contributed by atoms with Crippen LogP contribution in [0.5, 0.6) is 0 Å². The fraction of sp³-hybridized carbons (Fsp3) is 0.600. The summed E-state index contributed by atoms with van der Waals surface area (Å²) in [5, 5.41) is 3.37. The van der Waals surface area contributed by atoms with Crippen molar-refractivity contribution in [3.05, 3.63) is 24.0 Å². The predicted molar refractivity (Wildman–Crippen MR) is 53.4 cm³/mol. The van der Waals surface area contributed by atoms with Crippen LogP contribution in [-0.2, 0) is 18.0 Å². The second-order valence-corrected chi connectivity index (χ2v) is 3.42. The maximum atomic E-state index is 5.07. The van der Waals surface area contributed by atoms with Gasteiger partial charge < -0.3 is 14.6 Å². The summed E-state index contributed by atoms with van der Waals surface area (Å²) in [5.41, 5.74) is 1.26. The van der Waals surface area contributed by atoms with Gasteiger partial charge in [-0.15, -0.1) is 0 Å². The number of aromatic nitrogens is 1. The Morgan fingerprint density at radius 3 is 2.92 bits per heavy atom. The molecule has 0 aliphatic heterocycles. The van der Waals surface area contributed by atoms with Crippen molar-refractivity contribution in [1.29, 1.82) is 0 Å². The third kappa shape index (κ3) is 3.20. The van der Waals surface area contributed by atoms with Gasteiger partial charge in [-0.25, -0.2) is 0 Å². The Morgan fingerprint density at radius 1 is 1.54 bits per heavy atom. The summed E-state index contributed by atoms with van der Waals surface area (Å²) in [6, 6.07) is 4.66. The first-order valence-electron chi connectivity index (χ1n) is 4.60. The number of methoxy groups -OCH3 is 1. The van der Waals surface area contributed by atoms with E-state index in [0.717, 1.165) is 6.54 Å². The van der Waals surface area contributed by atoms with Crippen LogP contribution >= 0.6 is 0 Å². The number of hydrogen-bond donors (Lipinski definition) is 1. The van der Waals surface area contributed by atoms with Crippen LogP contribution in [0.25, 0.3) is 0 Å². The molecule has 3 nitrogen and oxygen atoms in total. The van der Waals surface area contributed by atoms with Gasteiger partial charge in [-0.2, -0.15) is 0 Å². The van der Waals surface area contributed by atoms with E-state index < -0.39 is 0 Å². The zero-order valence-corrected chi connectivity index (χ0v) is 8.58. The van der Waals surface area contributed by atoms with E-state index in [4.69, 9.17) is 4.74 Å². The minimum absolute atomic E-state index is 0.519. The van der Waals surface area contributed by atoms with Gasteiger partial charge in [0.1, 0.15) is 6.73 Å². The van der Waals surface area contributed by atoms with E-state index in [9.17, 15) is 0 Å². The second-order valence-electron chi connectivity index (χ2n) is 3.42. The van der Waals surface area contributed by atoms with Crippen molar-refractivity contribution in [2.75, 3.05) is 7.11 Å². The van der Waals surface area contributed by atoms with Crippen molar-refractivity contribution < 1.29 is 4.74 Å². The van der Waals surface area contributed by atoms with Crippen LogP contribution < -0.4 is 5.32 Å². The van der Waals surface area contributed by atoms with Crippen molar-refractivity contribution >= 4 is 0 Å². The lowest BCUT2D eigenvalue weighted by atomic mass is 10.3. The Labute approximate surface area is 79.7 Å². The topological polar surface area (TPSA) is 26.2 Å². The summed E-state index contributed by atoms with van der Waals surface area (Å²) in [6.07, 6.45) is 2.03. The maximum Gasteiger partial charge on any atom is 0.122 e. The number of nitrogens with one attached hydrogen (secondary N) is 1. The average molecular weight is 182 g/mol. The number of hydrogen-bond acceptors (Lipinski definition) is 2. The van der Waals surface area contributed by atoms with Gasteiger partial charge in [-0.1, -0.05) is 13.8 Å². The molecule has 1 aromatic heterocycles. The first-order chi connectivity index (χ1) is 6.24. The van der Waals surface area contributed by atoms with Gasteiger partial charge in [0.25, 0.3) is 0 Å². The smallest absolute Gasteiger partial charge is 0.122 e. The molecule has 0 fully saturated rings. The Bertz CT molecular complexity index is 243. The normalized spacial score (nSPS) is 11.1. The molecule has 0 atom stereocenters. The zero-order valence-electron chi connectivity index (χ0n) is 8.58. The second kappa shape index (κ2) is 5.04. The van der Waals surface area contributed by atoms with E-state index in [1.54, 1.807) is 7.11 Å². The standard InChI is InChI=1S/C10H18N2O/c1-9(2)11-7-10-5-4-6-12(10)8-13-3/h4-6,9,11H,7-8H2,1-3H3. The molecular weight excluding hydrogens is 164 g/mol. The van der Waals surface area contributed by atoms with Crippen molar-refractivity contribution in [1.82, 2.24) is 9.88 Å². The number of nitrogens with zero attached hydrogens (tertiary/aromatic N) is 1. The Morgan fingerprint density at radius 2 is 2.31 bits per heavy atom. The SMILES string of the molecule is COCn1cccc1CNC(C)C. The van der Waals surface area contributed by atoms with E-state index >= 15 is 0 Å². The number of rotatable bonds is 5. The molecule has 1 rings (SSSR count). The summed E-state index contributed by atoms with van der Waals surface area (Å²) >= 11 is 0. The monoisotopic (exact) mass is 182 g/mol. The van der Waals surface area contributed by atoms with E-state index in [2.05, 4.69) is 29.8 Å². The third-order valence-electron chi connectivity index (χ3n) is 1.88. The van der Waals surface area contributed by atoms with Crippen LogP contribution in [0.15, 0.2) is 18.3 Å². The Hall–Kier alpha value is -0.800. The van der Waals surface area contributed by atoms with Gasteiger partial charge in [-0.3, -0.25) is 0 Å². The zero-order chi connectivity index (χ0) is 9.68. The van der Waals surface area contributed by atoms with E-state index in [1.807, 2.05) is 12.3 Å². The molecule has 0 aromatic carbocycles. The molecular formula is C10H18N2O. The molecule has 74 valence electrons. The lowest BCUT2D eigenvalue weighted by Gasteiger charge is -2.10. The molecule has 0 bridgehead atoms. The van der Waals surface area contributed by atoms with Crippen LogP contribution in [-0.4, -0.2) is 17.7 Å². The van der Waals surface area contributed by atoms with Crippen LogP contribution in [0.2, 0.25) is 0 Å². The molecule has 13 heavy (non-hydrogen) atoms. The van der Waals surface area contributed by atoms with Gasteiger partial charge in [0, 0.05) is 31.6 Å². The molecule has 1 aromatic rings. The molecule has 0 aliphatic rings. The van der Waals surface area contributed by atoms with Crippen molar-refractivity contribution in [2.24, 2.45) is 0 Å². The summed E-state index contributed by atoms with van der Waals surface area (Å²) in [5.74, 6) is 0. The van der Waals surface area contributed by atoms with Gasteiger partial charge in [-0.05, 0) is 12.1 Å². The summed E-state index contributed by atoms with van der Waals surface area (Å²) < 4.78 is 7.16. The first kappa shape index (κ1) is 10.3. The lowest BCUT2D eigenvalue weighted by molar-refractivity contribution is 0.128. The van der Waals surface area contributed by atoms with Crippen molar-refractivity contribution in [3.63, 3.8) is 0 Å². The highest BCUT2D eigenvalue weighted by molar-refractivity contribution is 5.06. The minimum atomic E-state index is 0.519. The maximum absolute atomic E-state index is 5.07. The fourth-order valence-corrected chi connectivity index (χ4v) is 1.18. The van der Waals surface area contributed by atoms with E-state index in [-0.39, 0.29) is 0 Å². The van der Waals surface area contributed by atoms with Crippen molar-refractivity contribution in [3.8, 4) is 0 Å². The summed E-state index contributed by atoms with van der Waals surface area (Å²) in [7, 11) is 1.71. The first-order valence-corrected chi connectivity index (χ1v) is 4.60. The molecule has 0 unspecified atom stereocenters.